The minimum absolute atomic E-state index is 0.469. The third kappa shape index (κ3) is 4.92. The molecule has 2 aromatic heterocycles. The minimum Gasteiger partial charge on any atom is -0.492 e. The topological polar surface area (TPSA) is 60.6 Å². The number of pyridine rings is 1. The molecule has 2 heterocycles. The van der Waals surface area contributed by atoms with E-state index >= 15 is 0 Å². The molecule has 4 rings (SSSR count). The van der Waals surface area contributed by atoms with Crippen LogP contribution in [0.15, 0.2) is 71.4 Å². The van der Waals surface area contributed by atoms with E-state index in [1.807, 2.05) is 68.7 Å². The van der Waals surface area contributed by atoms with Gasteiger partial charge in [0.25, 0.3) is 0 Å². The zero-order valence-electron chi connectivity index (χ0n) is 16.5. The Morgan fingerprint density at radius 1 is 0.966 bits per heavy atom. The van der Waals surface area contributed by atoms with Crippen LogP contribution in [-0.2, 0) is 6.61 Å². The Bertz CT molecular complexity index is 1060. The molecule has 148 valence electrons. The average molecular weight is 389 g/mol. The first-order valence-corrected chi connectivity index (χ1v) is 9.48. The second kappa shape index (κ2) is 8.75. The van der Waals surface area contributed by atoms with Crippen molar-refractivity contribution in [2.45, 2.75) is 6.61 Å². The summed E-state index contributed by atoms with van der Waals surface area (Å²) in [5.74, 6) is 2.16. The van der Waals surface area contributed by atoms with E-state index in [1.54, 1.807) is 12.4 Å². The highest BCUT2D eigenvalue weighted by Crippen LogP contribution is 2.27. The van der Waals surface area contributed by atoms with Crippen molar-refractivity contribution in [1.82, 2.24) is 14.9 Å². The second-order valence-corrected chi connectivity index (χ2v) is 6.97. The van der Waals surface area contributed by atoms with Crippen LogP contribution < -0.4 is 9.47 Å². The van der Waals surface area contributed by atoms with Crippen molar-refractivity contribution < 1.29 is 13.9 Å². The van der Waals surface area contributed by atoms with Crippen molar-refractivity contribution in [2.24, 2.45) is 0 Å². The Labute approximate surface area is 169 Å². The van der Waals surface area contributed by atoms with Gasteiger partial charge in [-0.05, 0) is 56.1 Å². The van der Waals surface area contributed by atoms with Gasteiger partial charge < -0.3 is 18.8 Å². The van der Waals surface area contributed by atoms with Gasteiger partial charge in [-0.25, -0.2) is 4.98 Å². The van der Waals surface area contributed by atoms with Crippen LogP contribution >= 0.6 is 0 Å². The van der Waals surface area contributed by atoms with Crippen LogP contribution in [0.25, 0.3) is 22.6 Å². The van der Waals surface area contributed by atoms with Crippen molar-refractivity contribution in [1.29, 1.82) is 0 Å². The van der Waals surface area contributed by atoms with E-state index in [4.69, 9.17) is 13.9 Å². The number of nitrogens with zero attached hydrogens (tertiary/aromatic N) is 3. The first kappa shape index (κ1) is 19.0. The van der Waals surface area contributed by atoms with E-state index in [0.29, 0.717) is 19.1 Å². The van der Waals surface area contributed by atoms with Gasteiger partial charge in [0.1, 0.15) is 30.2 Å². The van der Waals surface area contributed by atoms with E-state index in [2.05, 4.69) is 14.9 Å². The molecule has 0 aliphatic carbocycles. The number of rotatable bonds is 8. The van der Waals surface area contributed by atoms with E-state index < -0.39 is 0 Å². The summed E-state index contributed by atoms with van der Waals surface area (Å²) >= 11 is 0. The largest absolute Gasteiger partial charge is 0.492 e. The second-order valence-electron chi connectivity index (χ2n) is 6.97. The van der Waals surface area contributed by atoms with Gasteiger partial charge in [0.2, 0.25) is 5.89 Å². The van der Waals surface area contributed by atoms with E-state index in [9.17, 15) is 0 Å². The van der Waals surface area contributed by atoms with E-state index in [0.717, 1.165) is 40.3 Å². The molecule has 0 saturated carbocycles. The van der Waals surface area contributed by atoms with Crippen LogP contribution in [0.4, 0.5) is 0 Å². The average Bonchev–Trinajstić information content (AvgIpc) is 3.17. The van der Waals surface area contributed by atoms with Crippen molar-refractivity contribution in [3.05, 3.63) is 72.6 Å². The van der Waals surface area contributed by atoms with Gasteiger partial charge in [-0.3, -0.25) is 4.98 Å². The molecule has 0 bridgehead atoms. The van der Waals surface area contributed by atoms with Crippen molar-refractivity contribution in [3.8, 4) is 23.0 Å². The molecule has 0 aliphatic heterocycles. The maximum absolute atomic E-state index is 5.93. The first-order valence-electron chi connectivity index (χ1n) is 9.48. The Morgan fingerprint density at radius 2 is 1.79 bits per heavy atom. The Balaban J connectivity index is 1.38. The molecule has 6 nitrogen and oxygen atoms in total. The molecular weight excluding hydrogens is 366 g/mol. The number of ether oxygens (including phenoxy) is 2. The molecule has 0 atom stereocenters. The summed E-state index contributed by atoms with van der Waals surface area (Å²) in [5.41, 5.74) is 3.39. The molecule has 0 fully saturated rings. The predicted molar refractivity (Wildman–Crippen MR) is 112 cm³/mol. The van der Waals surface area contributed by atoms with Crippen LogP contribution in [-0.4, -0.2) is 42.1 Å². The van der Waals surface area contributed by atoms with E-state index in [-0.39, 0.29) is 0 Å². The lowest BCUT2D eigenvalue weighted by Gasteiger charge is -2.11. The van der Waals surface area contributed by atoms with Crippen LogP contribution in [0.2, 0.25) is 0 Å². The van der Waals surface area contributed by atoms with Crippen molar-refractivity contribution in [2.75, 3.05) is 27.2 Å². The molecule has 0 radical (unpaired) electrons. The minimum atomic E-state index is 0.469. The fourth-order valence-corrected chi connectivity index (χ4v) is 2.80. The fourth-order valence-electron chi connectivity index (χ4n) is 2.80. The standard InChI is InChI=1S/C23H23N3O3/c1-26(2)12-13-27-19-7-5-17(6-8-19)16-28-20-9-10-22-21(14-20)25-23(29-22)18-4-3-11-24-15-18/h3-11,14-15H,12-13,16H2,1-2H3. The molecular formula is C23H23N3O3. The molecule has 4 aromatic rings. The monoisotopic (exact) mass is 389 g/mol. The van der Waals surface area contributed by atoms with Crippen LogP contribution in [0.3, 0.4) is 0 Å². The molecule has 0 amide bonds. The fraction of sp³-hybridized carbons (Fsp3) is 0.217. The van der Waals surface area contributed by atoms with Gasteiger partial charge in [-0.15, -0.1) is 0 Å². The highest BCUT2D eigenvalue weighted by Gasteiger charge is 2.09. The molecule has 2 aromatic carbocycles. The number of hydrogen-bond donors (Lipinski definition) is 0. The zero-order valence-corrected chi connectivity index (χ0v) is 16.5. The summed E-state index contributed by atoms with van der Waals surface area (Å²) in [6.45, 7) is 2.02. The van der Waals surface area contributed by atoms with Crippen LogP contribution in [0, 0.1) is 0 Å². The van der Waals surface area contributed by atoms with Crippen molar-refractivity contribution >= 4 is 11.1 Å². The Morgan fingerprint density at radius 3 is 2.55 bits per heavy atom. The summed E-state index contributed by atoms with van der Waals surface area (Å²) in [6, 6.07) is 17.4. The molecule has 0 spiro atoms. The van der Waals surface area contributed by atoms with Crippen LogP contribution in [0.5, 0.6) is 11.5 Å². The number of benzene rings is 2. The Kier molecular flexibility index (Phi) is 5.72. The van der Waals surface area contributed by atoms with Gasteiger partial charge in [-0.1, -0.05) is 12.1 Å². The lowest BCUT2D eigenvalue weighted by Crippen LogP contribution is -2.19. The third-order valence-electron chi connectivity index (χ3n) is 4.40. The summed E-state index contributed by atoms with van der Waals surface area (Å²) in [5, 5.41) is 0. The van der Waals surface area contributed by atoms with Crippen LogP contribution in [0.1, 0.15) is 5.56 Å². The number of oxazole rings is 1. The predicted octanol–water partition coefficient (Wildman–Crippen LogP) is 4.41. The van der Waals surface area contributed by atoms with Gasteiger partial charge in [0, 0.05) is 25.0 Å². The summed E-state index contributed by atoms with van der Waals surface area (Å²) in [6.07, 6.45) is 3.45. The first-order chi connectivity index (χ1) is 14.2. The SMILES string of the molecule is CN(C)CCOc1ccc(COc2ccc3oc(-c4cccnc4)nc3c2)cc1. The van der Waals surface area contributed by atoms with Gasteiger partial charge in [0.05, 0.1) is 5.56 Å². The van der Waals surface area contributed by atoms with Gasteiger partial charge >= 0.3 is 0 Å². The maximum Gasteiger partial charge on any atom is 0.228 e. The third-order valence-corrected chi connectivity index (χ3v) is 4.40. The Hall–Kier alpha value is -3.38. The van der Waals surface area contributed by atoms with Gasteiger partial charge in [0.15, 0.2) is 5.58 Å². The number of hydrogen-bond acceptors (Lipinski definition) is 6. The number of likely N-dealkylation sites (N-methyl/N-ethyl adjacent to an activating group) is 1. The highest BCUT2D eigenvalue weighted by molar-refractivity contribution is 5.77. The molecule has 0 N–H and O–H groups in total. The normalized spacial score (nSPS) is 11.1. The zero-order chi connectivity index (χ0) is 20.1. The molecule has 6 heteroatoms. The lowest BCUT2D eigenvalue weighted by atomic mass is 10.2. The lowest BCUT2D eigenvalue weighted by molar-refractivity contribution is 0.261. The number of fused-ring (bicyclic) bond motifs is 1. The summed E-state index contributed by atoms with van der Waals surface area (Å²) in [4.78, 5) is 10.7. The highest BCUT2D eigenvalue weighted by atomic mass is 16.5. The smallest absolute Gasteiger partial charge is 0.228 e. The molecule has 0 saturated heterocycles. The van der Waals surface area contributed by atoms with Crippen molar-refractivity contribution in [3.63, 3.8) is 0 Å². The summed E-state index contributed by atoms with van der Waals surface area (Å²) < 4.78 is 17.5. The number of aromatic nitrogens is 2. The maximum atomic E-state index is 5.93. The molecule has 29 heavy (non-hydrogen) atoms. The van der Waals surface area contributed by atoms with E-state index in [1.165, 1.54) is 0 Å². The quantitative estimate of drug-likeness (QED) is 0.445. The summed E-state index contributed by atoms with van der Waals surface area (Å²) in [7, 11) is 4.06. The van der Waals surface area contributed by atoms with Gasteiger partial charge in [-0.2, -0.15) is 0 Å². The molecule has 0 aliphatic rings. The molecule has 0 unspecified atom stereocenters.